The van der Waals surface area contributed by atoms with Crippen molar-refractivity contribution in [1.82, 2.24) is 4.90 Å². The Kier molecular flexibility index (Phi) is 7.15. The summed E-state index contributed by atoms with van der Waals surface area (Å²) < 4.78 is 0. The van der Waals surface area contributed by atoms with Crippen LogP contribution in [-0.4, -0.2) is 37.5 Å². The van der Waals surface area contributed by atoms with E-state index in [1.54, 1.807) is 0 Å². The average molecular weight is 374 g/mol. The summed E-state index contributed by atoms with van der Waals surface area (Å²) in [7, 11) is 2.17. The standard InChI is InChI=1S/C14H22N4.HI/c1-18-9-5-6-12(11-18)10-16-14(15)17-13-7-3-2-4-8-13;/h2-4,7-8,12H,5-6,9-11H2,1H3,(H3,15,16,17);1H. The van der Waals surface area contributed by atoms with Crippen LogP contribution in [0.3, 0.4) is 0 Å². The van der Waals surface area contributed by atoms with E-state index in [2.05, 4.69) is 22.3 Å². The van der Waals surface area contributed by atoms with Crippen LogP contribution >= 0.6 is 24.0 Å². The van der Waals surface area contributed by atoms with Crippen LogP contribution in [0, 0.1) is 5.92 Å². The highest BCUT2D eigenvalue weighted by Crippen LogP contribution is 2.15. The van der Waals surface area contributed by atoms with Gasteiger partial charge >= 0.3 is 0 Å². The highest BCUT2D eigenvalue weighted by molar-refractivity contribution is 14.0. The Hall–Kier alpha value is -0.820. The molecule has 0 bridgehead atoms. The zero-order valence-corrected chi connectivity index (χ0v) is 13.7. The molecule has 3 N–H and O–H groups in total. The molecule has 4 nitrogen and oxygen atoms in total. The molecule has 0 spiro atoms. The SMILES string of the molecule is CN1CCCC(CN=C(N)Nc2ccccc2)C1.I. The molecule has 1 aliphatic rings. The number of anilines is 1. The normalized spacial score (nSPS) is 20.7. The highest BCUT2D eigenvalue weighted by Gasteiger charge is 2.16. The van der Waals surface area contributed by atoms with Crippen LogP contribution in [0.2, 0.25) is 0 Å². The first-order valence-corrected chi connectivity index (χ1v) is 6.54. The van der Waals surface area contributed by atoms with Crippen molar-refractivity contribution < 1.29 is 0 Å². The second-order valence-electron chi connectivity index (χ2n) is 4.99. The number of guanidine groups is 1. The van der Waals surface area contributed by atoms with Crippen LogP contribution in [-0.2, 0) is 0 Å². The molecule has 1 unspecified atom stereocenters. The first-order valence-electron chi connectivity index (χ1n) is 6.54. The third-order valence-corrected chi connectivity index (χ3v) is 3.29. The third kappa shape index (κ3) is 5.78. The van der Waals surface area contributed by atoms with E-state index >= 15 is 0 Å². The fourth-order valence-electron chi connectivity index (χ4n) is 2.36. The van der Waals surface area contributed by atoms with Gasteiger partial charge in [-0.15, -0.1) is 24.0 Å². The molecule has 5 heteroatoms. The third-order valence-electron chi connectivity index (χ3n) is 3.29. The van der Waals surface area contributed by atoms with Crippen LogP contribution < -0.4 is 11.1 Å². The molecular weight excluding hydrogens is 351 g/mol. The predicted octanol–water partition coefficient (Wildman–Crippen LogP) is 2.37. The average Bonchev–Trinajstić information content (AvgIpc) is 2.38. The monoisotopic (exact) mass is 374 g/mol. The van der Waals surface area contributed by atoms with Crippen molar-refractivity contribution in [2.75, 3.05) is 32.0 Å². The topological polar surface area (TPSA) is 53.6 Å². The van der Waals surface area contributed by atoms with Crippen LogP contribution in [0.5, 0.6) is 0 Å². The zero-order chi connectivity index (χ0) is 12.8. The molecule has 1 atom stereocenters. The van der Waals surface area contributed by atoms with Gasteiger partial charge in [-0.05, 0) is 44.5 Å². The van der Waals surface area contributed by atoms with E-state index in [1.807, 2.05) is 30.3 Å². The van der Waals surface area contributed by atoms with Crippen molar-refractivity contribution in [2.24, 2.45) is 16.6 Å². The van der Waals surface area contributed by atoms with E-state index < -0.39 is 0 Å². The van der Waals surface area contributed by atoms with Crippen molar-refractivity contribution in [3.8, 4) is 0 Å². The first kappa shape index (κ1) is 16.2. The molecule has 1 saturated heterocycles. The van der Waals surface area contributed by atoms with E-state index in [4.69, 9.17) is 5.73 Å². The van der Waals surface area contributed by atoms with E-state index in [0.29, 0.717) is 11.9 Å². The van der Waals surface area contributed by atoms with Crippen LogP contribution in [0.4, 0.5) is 5.69 Å². The molecule has 1 heterocycles. The minimum atomic E-state index is 0. The number of hydrogen-bond donors (Lipinski definition) is 2. The molecule has 1 aliphatic heterocycles. The van der Waals surface area contributed by atoms with Gasteiger partial charge in [-0.1, -0.05) is 18.2 Å². The number of nitrogens with zero attached hydrogens (tertiary/aromatic N) is 2. The molecule has 1 aromatic rings. The molecule has 0 amide bonds. The summed E-state index contributed by atoms with van der Waals surface area (Å²) in [4.78, 5) is 6.80. The lowest BCUT2D eigenvalue weighted by atomic mass is 9.99. The molecule has 19 heavy (non-hydrogen) atoms. The number of benzene rings is 1. The lowest BCUT2D eigenvalue weighted by Crippen LogP contribution is -2.34. The summed E-state index contributed by atoms with van der Waals surface area (Å²) in [5, 5.41) is 3.11. The van der Waals surface area contributed by atoms with Gasteiger partial charge in [0.1, 0.15) is 0 Å². The Morgan fingerprint density at radius 3 is 2.84 bits per heavy atom. The van der Waals surface area contributed by atoms with E-state index in [1.165, 1.54) is 19.4 Å². The number of nitrogens with two attached hydrogens (primary N) is 1. The number of rotatable bonds is 3. The number of nitrogens with one attached hydrogen (secondary N) is 1. The fourth-order valence-corrected chi connectivity index (χ4v) is 2.36. The van der Waals surface area contributed by atoms with Crippen molar-refractivity contribution >= 4 is 35.6 Å². The van der Waals surface area contributed by atoms with Gasteiger partial charge in [0.2, 0.25) is 0 Å². The summed E-state index contributed by atoms with van der Waals surface area (Å²) in [6, 6.07) is 9.90. The minimum absolute atomic E-state index is 0. The molecular formula is C14H23IN4. The summed E-state index contributed by atoms with van der Waals surface area (Å²) in [6.07, 6.45) is 2.52. The maximum atomic E-state index is 5.88. The summed E-state index contributed by atoms with van der Waals surface area (Å²) in [5.74, 6) is 1.15. The van der Waals surface area contributed by atoms with Gasteiger partial charge in [0.15, 0.2) is 5.96 Å². The Morgan fingerprint density at radius 1 is 1.42 bits per heavy atom. The number of likely N-dealkylation sites (tertiary alicyclic amines) is 1. The number of aliphatic imine (C=N–C) groups is 1. The van der Waals surface area contributed by atoms with E-state index in [-0.39, 0.29) is 24.0 Å². The summed E-state index contributed by atoms with van der Waals surface area (Å²) in [6.45, 7) is 3.15. The minimum Gasteiger partial charge on any atom is -0.370 e. The van der Waals surface area contributed by atoms with Gasteiger partial charge in [0.25, 0.3) is 0 Å². The van der Waals surface area contributed by atoms with Gasteiger partial charge in [-0.2, -0.15) is 0 Å². The lowest BCUT2D eigenvalue weighted by Gasteiger charge is -2.28. The van der Waals surface area contributed by atoms with Crippen molar-refractivity contribution in [1.29, 1.82) is 0 Å². The van der Waals surface area contributed by atoms with Gasteiger partial charge in [-0.25, -0.2) is 0 Å². The maximum Gasteiger partial charge on any atom is 0.193 e. The highest BCUT2D eigenvalue weighted by atomic mass is 127. The molecule has 0 saturated carbocycles. The van der Waals surface area contributed by atoms with Crippen LogP contribution in [0.15, 0.2) is 35.3 Å². The first-order chi connectivity index (χ1) is 8.74. The van der Waals surface area contributed by atoms with Crippen molar-refractivity contribution in [3.63, 3.8) is 0 Å². The zero-order valence-electron chi connectivity index (χ0n) is 11.4. The number of halogens is 1. The molecule has 1 fully saturated rings. The van der Waals surface area contributed by atoms with Gasteiger partial charge in [-0.3, -0.25) is 4.99 Å². The maximum absolute atomic E-state index is 5.88. The van der Waals surface area contributed by atoms with E-state index in [0.717, 1.165) is 18.8 Å². The number of para-hydroxylation sites is 1. The van der Waals surface area contributed by atoms with E-state index in [9.17, 15) is 0 Å². The van der Waals surface area contributed by atoms with Gasteiger partial charge < -0.3 is 16.0 Å². The Bertz CT molecular complexity index is 394. The smallest absolute Gasteiger partial charge is 0.193 e. The predicted molar refractivity (Wildman–Crippen MR) is 92.2 cm³/mol. The molecule has 0 aliphatic carbocycles. The van der Waals surface area contributed by atoms with Crippen LogP contribution in [0.1, 0.15) is 12.8 Å². The van der Waals surface area contributed by atoms with Gasteiger partial charge in [0.05, 0.1) is 0 Å². The van der Waals surface area contributed by atoms with Crippen LogP contribution in [0.25, 0.3) is 0 Å². The second-order valence-corrected chi connectivity index (χ2v) is 4.99. The fraction of sp³-hybridized carbons (Fsp3) is 0.500. The van der Waals surface area contributed by atoms with Crippen molar-refractivity contribution in [2.45, 2.75) is 12.8 Å². The number of piperidine rings is 1. The molecule has 1 aromatic carbocycles. The molecule has 2 rings (SSSR count). The van der Waals surface area contributed by atoms with Gasteiger partial charge in [0, 0.05) is 18.8 Å². The largest absolute Gasteiger partial charge is 0.370 e. The molecule has 0 aromatic heterocycles. The molecule has 106 valence electrons. The summed E-state index contributed by atoms with van der Waals surface area (Å²) >= 11 is 0. The number of hydrogen-bond acceptors (Lipinski definition) is 2. The Balaban J connectivity index is 0.00000180. The summed E-state index contributed by atoms with van der Waals surface area (Å²) in [5.41, 5.74) is 6.87. The lowest BCUT2D eigenvalue weighted by molar-refractivity contribution is 0.214. The second kappa shape index (κ2) is 8.37. The molecule has 0 radical (unpaired) electrons. The van der Waals surface area contributed by atoms with Crippen molar-refractivity contribution in [3.05, 3.63) is 30.3 Å². The Morgan fingerprint density at radius 2 is 2.16 bits per heavy atom. The quantitative estimate of drug-likeness (QED) is 0.485. The Labute approximate surface area is 132 Å².